The van der Waals surface area contributed by atoms with Crippen molar-refractivity contribution in [1.82, 2.24) is 0 Å². The van der Waals surface area contributed by atoms with Crippen molar-refractivity contribution in [2.24, 2.45) is 5.73 Å². The maximum absolute atomic E-state index is 6.50. The van der Waals surface area contributed by atoms with Crippen LogP contribution in [0.2, 0.25) is 0 Å². The Morgan fingerprint density at radius 3 is 2.05 bits per heavy atom. The van der Waals surface area contributed by atoms with E-state index >= 15 is 0 Å². The average molecular weight is 263 g/mol. The Bertz CT molecular complexity index is 376. The Morgan fingerprint density at radius 1 is 1.11 bits per heavy atom. The molecule has 1 unspecified atom stereocenters. The minimum Gasteiger partial charge on any atom is -0.374 e. The predicted octanol–water partition coefficient (Wildman–Crippen LogP) is 3.77. The van der Waals surface area contributed by atoms with Gasteiger partial charge in [0.2, 0.25) is 0 Å². The zero-order chi connectivity index (χ0) is 14.5. The molecule has 0 spiro atoms. The van der Waals surface area contributed by atoms with Crippen molar-refractivity contribution < 1.29 is 4.74 Å². The van der Waals surface area contributed by atoms with Gasteiger partial charge in [-0.25, -0.2) is 0 Å². The van der Waals surface area contributed by atoms with E-state index < -0.39 is 0 Å². The molecule has 1 atom stereocenters. The highest BCUT2D eigenvalue weighted by Crippen LogP contribution is 2.27. The first kappa shape index (κ1) is 16.2. The summed E-state index contributed by atoms with van der Waals surface area (Å²) in [6.45, 7) is 11.4. The second kappa shape index (κ2) is 7.06. The summed E-state index contributed by atoms with van der Waals surface area (Å²) in [5, 5.41) is 0. The molecule has 0 fully saturated rings. The van der Waals surface area contributed by atoms with Crippen molar-refractivity contribution in [3.05, 3.63) is 34.9 Å². The second-order valence-corrected chi connectivity index (χ2v) is 5.39. The lowest BCUT2D eigenvalue weighted by molar-refractivity contribution is -0.0633. The summed E-state index contributed by atoms with van der Waals surface area (Å²) in [5.41, 5.74) is 10.3. The van der Waals surface area contributed by atoms with Crippen LogP contribution < -0.4 is 5.73 Å². The van der Waals surface area contributed by atoms with Gasteiger partial charge in [-0.05, 0) is 56.7 Å². The number of nitrogens with two attached hydrogens (primary N) is 1. The summed E-state index contributed by atoms with van der Waals surface area (Å²) >= 11 is 0. The number of rotatable bonds is 7. The monoisotopic (exact) mass is 263 g/mol. The Labute approximate surface area is 118 Å². The summed E-state index contributed by atoms with van der Waals surface area (Å²) in [6, 6.07) is 6.47. The van der Waals surface area contributed by atoms with Gasteiger partial charge >= 0.3 is 0 Å². The van der Waals surface area contributed by atoms with E-state index in [4.69, 9.17) is 10.5 Å². The molecule has 0 radical (unpaired) electrons. The van der Waals surface area contributed by atoms with E-state index in [9.17, 15) is 0 Å². The summed E-state index contributed by atoms with van der Waals surface area (Å²) in [6.07, 6.45) is 2.81. The Hall–Kier alpha value is -0.860. The van der Waals surface area contributed by atoms with E-state index in [1.165, 1.54) is 16.7 Å². The topological polar surface area (TPSA) is 35.2 Å². The van der Waals surface area contributed by atoms with Gasteiger partial charge in [-0.1, -0.05) is 32.0 Å². The molecular weight excluding hydrogens is 234 g/mol. The van der Waals surface area contributed by atoms with E-state index in [2.05, 4.69) is 45.9 Å². The molecule has 2 N–H and O–H groups in total. The van der Waals surface area contributed by atoms with Crippen LogP contribution >= 0.6 is 0 Å². The van der Waals surface area contributed by atoms with Crippen molar-refractivity contribution in [3.8, 4) is 0 Å². The smallest absolute Gasteiger partial charge is 0.0830 e. The Kier molecular flexibility index (Phi) is 6.02. The fourth-order valence-corrected chi connectivity index (χ4v) is 2.95. The normalized spacial score (nSPS) is 13.6. The zero-order valence-electron chi connectivity index (χ0n) is 13.1. The highest BCUT2D eigenvalue weighted by Gasteiger charge is 2.34. The van der Waals surface area contributed by atoms with Crippen molar-refractivity contribution in [2.45, 2.75) is 65.5 Å². The fourth-order valence-electron chi connectivity index (χ4n) is 2.95. The molecule has 0 aliphatic heterocycles. The number of hydrogen-bond acceptors (Lipinski definition) is 2. The van der Waals surface area contributed by atoms with Crippen LogP contribution in [0.15, 0.2) is 18.2 Å². The van der Waals surface area contributed by atoms with Crippen LogP contribution in [-0.2, 0) is 11.2 Å². The van der Waals surface area contributed by atoms with Gasteiger partial charge in [-0.2, -0.15) is 0 Å². The first-order valence-corrected chi connectivity index (χ1v) is 7.45. The van der Waals surface area contributed by atoms with Gasteiger partial charge in [-0.3, -0.25) is 0 Å². The lowest BCUT2D eigenvalue weighted by Gasteiger charge is -2.38. The predicted molar refractivity (Wildman–Crippen MR) is 82.5 cm³/mol. The lowest BCUT2D eigenvalue weighted by atomic mass is 9.83. The fraction of sp³-hybridized carbons (Fsp3) is 0.647. The molecule has 0 saturated carbocycles. The van der Waals surface area contributed by atoms with Crippen molar-refractivity contribution >= 4 is 0 Å². The molecule has 0 saturated heterocycles. The van der Waals surface area contributed by atoms with E-state index in [0.29, 0.717) is 0 Å². The summed E-state index contributed by atoms with van der Waals surface area (Å²) < 4.78 is 6.02. The van der Waals surface area contributed by atoms with Gasteiger partial charge < -0.3 is 10.5 Å². The first-order chi connectivity index (χ1) is 9.00. The molecule has 2 heteroatoms. The molecule has 1 rings (SSSR count). The zero-order valence-corrected chi connectivity index (χ0v) is 13.1. The highest BCUT2D eigenvalue weighted by molar-refractivity contribution is 5.34. The molecule has 2 nitrogen and oxygen atoms in total. The summed E-state index contributed by atoms with van der Waals surface area (Å²) in [5.74, 6) is 0. The van der Waals surface area contributed by atoms with E-state index in [0.717, 1.165) is 25.9 Å². The molecular formula is C17H29NO. The Morgan fingerprint density at radius 2 is 1.63 bits per heavy atom. The van der Waals surface area contributed by atoms with E-state index in [-0.39, 0.29) is 11.6 Å². The van der Waals surface area contributed by atoms with Crippen LogP contribution in [0.1, 0.15) is 50.3 Å². The number of benzene rings is 1. The molecule has 0 aliphatic carbocycles. The molecule has 0 aliphatic rings. The van der Waals surface area contributed by atoms with Crippen molar-refractivity contribution in [2.75, 3.05) is 6.61 Å². The molecule has 108 valence electrons. The van der Waals surface area contributed by atoms with Gasteiger partial charge in [0.15, 0.2) is 0 Å². The van der Waals surface area contributed by atoms with Crippen molar-refractivity contribution in [3.63, 3.8) is 0 Å². The van der Waals surface area contributed by atoms with Gasteiger partial charge in [0.25, 0.3) is 0 Å². The second-order valence-electron chi connectivity index (χ2n) is 5.39. The van der Waals surface area contributed by atoms with Gasteiger partial charge in [0, 0.05) is 12.6 Å². The van der Waals surface area contributed by atoms with Gasteiger partial charge in [0.1, 0.15) is 0 Å². The van der Waals surface area contributed by atoms with Crippen LogP contribution in [0, 0.1) is 13.8 Å². The molecule has 0 heterocycles. The maximum atomic E-state index is 6.50. The average Bonchev–Trinajstić information content (AvgIpc) is 2.40. The Balaban J connectivity index is 2.96. The summed E-state index contributed by atoms with van der Waals surface area (Å²) in [7, 11) is 0. The number of aryl methyl sites for hydroxylation is 2. The minimum absolute atomic E-state index is 0.0437. The molecule has 0 amide bonds. The van der Waals surface area contributed by atoms with E-state index in [1.807, 2.05) is 6.92 Å². The third-order valence-corrected chi connectivity index (χ3v) is 4.37. The van der Waals surface area contributed by atoms with Crippen molar-refractivity contribution in [1.29, 1.82) is 0 Å². The molecule has 0 aromatic heterocycles. The summed E-state index contributed by atoms with van der Waals surface area (Å²) in [4.78, 5) is 0. The number of hydrogen-bond donors (Lipinski definition) is 1. The van der Waals surface area contributed by atoms with Gasteiger partial charge in [0.05, 0.1) is 5.60 Å². The third kappa shape index (κ3) is 3.58. The first-order valence-electron chi connectivity index (χ1n) is 7.45. The van der Waals surface area contributed by atoms with Gasteiger partial charge in [-0.15, -0.1) is 0 Å². The molecule has 19 heavy (non-hydrogen) atoms. The van der Waals surface area contributed by atoms with Crippen LogP contribution in [0.5, 0.6) is 0 Å². The van der Waals surface area contributed by atoms with Crippen LogP contribution in [-0.4, -0.2) is 18.2 Å². The molecule has 1 aromatic rings. The molecule has 1 aromatic carbocycles. The molecule has 0 bridgehead atoms. The van der Waals surface area contributed by atoms with Crippen LogP contribution in [0.3, 0.4) is 0 Å². The standard InChI is InChI=1S/C17H29NO/c1-6-17(7-2,19-8-3)16(18)12-15-13(4)10-9-11-14(15)5/h9-11,16H,6-8,12,18H2,1-5H3. The van der Waals surface area contributed by atoms with Crippen LogP contribution in [0.4, 0.5) is 0 Å². The van der Waals surface area contributed by atoms with E-state index in [1.54, 1.807) is 0 Å². The largest absolute Gasteiger partial charge is 0.374 e. The quantitative estimate of drug-likeness (QED) is 0.812. The lowest BCUT2D eigenvalue weighted by Crippen LogP contribution is -2.50. The minimum atomic E-state index is -0.191. The highest BCUT2D eigenvalue weighted by atomic mass is 16.5. The SMILES string of the molecule is CCOC(CC)(CC)C(N)Cc1c(C)cccc1C. The number of ether oxygens (including phenoxy) is 1. The van der Waals surface area contributed by atoms with Crippen LogP contribution in [0.25, 0.3) is 0 Å². The maximum Gasteiger partial charge on any atom is 0.0830 e. The third-order valence-electron chi connectivity index (χ3n) is 4.37.